The summed E-state index contributed by atoms with van der Waals surface area (Å²) in [7, 11) is 0. The highest BCUT2D eigenvalue weighted by Gasteiger charge is 2.24. The van der Waals surface area contributed by atoms with Crippen molar-refractivity contribution in [3.05, 3.63) is 170 Å². The number of hydrogen-bond acceptors (Lipinski definition) is 4. The first-order valence-corrected chi connectivity index (χ1v) is 17.5. The quantitative estimate of drug-likeness (QED) is 0.188. The van der Waals surface area contributed by atoms with Crippen LogP contribution in [0.5, 0.6) is 0 Å². The van der Waals surface area contributed by atoms with Crippen molar-refractivity contribution >= 4 is 65.3 Å². The second-order valence-corrected chi connectivity index (χ2v) is 13.2. The molecule has 0 N–H and O–H groups in total. The Hall–Kier alpha value is -7.11. The summed E-state index contributed by atoms with van der Waals surface area (Å²) in [5.41, 5.74) is 7.60. The molecule has 5 heteroatoms. The molecule has 11 rings (SSSR count). The molecule has 3 heterocycles. The fourth-order valence-corrected chi connectivity index (χ4v) is 7.85. The third-order valence-electron chi connectivity index (χ3n) is 10.2. The number of fused-ring (bicyclic) bond motifs is 8. The minimum Gasteiger partial charge on any atom is -0.455 e. The van der Waals surface area contributed by atoms with Gasteiger partial charge in [0.2, 0.25) is 0 Å². The van der Waals surface area contributed by atoms with Crippen molar-refractivity contribution in [2.75, 3.05) is 0 Å². The fraction of sp³-hybridized carbons (Fsp3) is 0. The highest BCUT2D eigenvalue weighted by molar-refractivity contribution is 6.21. The number of furan rings is 1. The lowest BCUT2D eigenvalue weighted by Gasteiger charge is -2.12. The van der Waals surface area contributed by atoms with E-state index >= 15 is 0 Å². The predicted molar refractivity (Wildman–Crippen MR) is 213 cm³/mol. The molecular formula is C47H28N4O. The van der Waals surface area contributed by atoms with E-state index in [2.05, 4.69) is 114 Å². The van der Waals surface area contributed by atoms with Gasteiger partial charge in [-0.3, -0.25) is 0 Å². The summed E-state index contributed by atoms with van der Waals surface area (Å²) >= 11 is 0. The molecule has 11 aromatic rings. The molecule has 0 amide bonds. The first-order valence-electron chi connectivity index (χ1n) is 17.5. The van der Waals surface area contributed by atoms with Crippen LogP contribution in [0.3, 0.4) is 0 Å². The molecule has 52 heavy (non-hydrogen) atoms. The number of hydrogen-bond donors (Lipinski definition) is 0. The number of para-hydroxylation sites is 1. The van der Waals surface area contributed by atoms with Gasteiger partial charge in [0.15, 0.2) is 17.5 Å². The van der Waals surface area contributed by atoms with E-state index in [0.717, 1.165) is 66.1 Å². The zero-order valence-electron chi connectivity index (χ0n) is 27.9. The van der Waals surface area contributed by atoms with Gasteiger partial charge in [-0.25, -0.2) is 15.0 Å². The minimum atomic E-state index is 0.568. The molecule has 3 aromatic heterocycles. The largest absolute Gasteiger partial charge is 0.455 e. The molecular weight excluding hydrogens is 637 g/mol. The molecule has 8 aromatic carbocycles. The molecule has 0 fully saturated rings. The van der Waals surface area contributed by atoms with E-state index in [4.69, 9.17) is 19.4 Å². The Balaban J connectivity index is 1.25. The van der Waals surface area contributed by atoms with Crippen molar-refractivity contribution in [3.63, 3.8) is 0 Å². The van der Waals surface area contributed by atoms with Crippen LogP contribution in [-0.2, 0) is 0 Å². The zero-order valence-corrected chi connectivity index (χ0v) is 27.9. The van der Waals surface area contributed by atoms with Crippen LogP contribution in [-0.4, -0.2) is 19.5 Å². The van der Waals surface area contributed by atoms with Crippen LogP contribution in [0.2, 0.25) is 0 Å². The molecule has 0 unspecified atom stereocenters. The first kappa shape index (κ1) is 28.7. The van der Waals surface area contributed by atoms with Gasteiger partial charge in [0.05, 0.1) is 27.7 Å². The van der Waals surface area contributed by atoms with Gasteiger partial charge in [-0.05, 0) is 57.9 Å². The summed E-state index contributed by atoms with van der Waals surface area (Å²) in [5.74, 6) is 1.79. The molecule has 0 atom stereocenters. The maximum absolute atomic E-state index is 6.96. The molecule has 0 saturated carbocycles. The zero-order chi connectivity index (χ0) is 34.2. The molecule has 5 nitrogen and oxygen atoms in total. The molecule has 0 saturated heterocycles. The maximum atomic E-state index is 6.96. The van der Waals surface area contributed by atoms with Gasteiger partial charge < -0.3 is 8.98 Å². The number of nitrogens with zero attached hydrogens (tertiary/aromatic N) is 4. The van der Waals surface area contributed by atoms with Crippen molar-refractivity contribution in [1.82, 2.24) is 19.5 Å². The average Bonchev–Trinajstić information content (AvgIpc) is 3.74. The van der Waals surface area contributed by atoms with Gasteiger partial charge in [0.1, 0.15) is 11.2 Å². The van der Waals surface area contributed by atoms with Crippen LogP contribution in [0, 0.1) is 0 Å². The second-order valence-electron chi connectivity index (χ2n) is 13.2. The lowest BCUT2D eigenvalue weighted by molar-refractivity contribution is 0.670. The van der Waals surface area contributed by atoms with Crippen LogP contribution >= 0.6 is 0 Å². The van der Waals surface area contributed by atoms with Crippen LogP contribution in [0.1, 0.15) is 0 Å². The van der Waals surface area contributed by atoms with Gasteiger partial charge >= 0.3 is 0 Å². The lowest BCUT2D eigenvalue weighted by Crippen LogP contribution is -2.00. The average molecular weight is 665 g/mol. The Morgan fingerprint density at radius 3 is 1.71 bits per heavy atom. The monoisotopic (exact) mass is 664 g/mol. The van der Waals surface area contributed by atoms with Gasteiger partial charge in [-0.15, -0.1) is 0 Å². The fourth-order valence-electron chi connectivity index (χ4n) is 7.85. The van der Waals surface area contributed by atoms with E-state index < -0.39 is 0 Å². The van der Waals surface area contributed by atoms with Crippen molar-refractivity contribution in [3.8, 4) is 39.9 Å². The topological polar surface area (TPSA) is 56.7 Å². The Bertz CT molecular complexity index is 3120. The van der Waals surface area contributed by atoms with E-state index in [1.54, 1.807) is 0 Å². The molecule has 0 bridgehead atoms. The summed E-state index contributed by atoms with van der Waals surface area (Å²) < 4.78 is 9.35. The number of aromatic nitrogens is 4. The van der Waals surface area contributed by atoms with E-state index in [1.165, 1.54) is 21.5 Å². The van der Waals surface area contributed by atoms with Crippen LogP contribution in [0.4, 0.5) is 0 Å². The second kappa shape index (κ2) is 11.2. The van der Waals surface area contributed by atoms with E-state index in [0.29, 0.717) is 17.5 Å². The normalized spacial score (nSPS) is 11.8. The summed E-state index contributed by atoms with van der Waals surface area (Å²) in [6.45, 7) is 0. The third kappa shape index (κ3) is 4.33. The standard InChI is InChI=1S/C47H28N4O/c1-3-14-29(15-4-1)45-48-46(30-16-5-2-6-17-30)50-47(49-45)43-34-21-10-9-20-33(34)27-37-42-39(24-13-25-41(42)52-44(37)43)51-38-23-12-11-22-35(38)36-26-31-18-7-8-19-32(31)28-40(36)51/h1-28H. The molecule has 242 valence electrons. The molecule has 0 aliphatic carbocycles. The molecule has 0 aliphatic heterocycles. The van der Waals surface area contributed by atoms with Gasteiger partial charge in [0.25, 0.3) is 0 Å². The number of benzene rings is 8. The van der Waals surface area contributed by atoms with E-state index in [-0.39, 0.29) is 0 Å². The van der Waals surface area contributed by atoms with Gasteiger partial charge in [0, 0.05) is 27.3 Å². The Labute approximate surface area is 298 Å². The molecule has 0 aliphatic rings. The SMILES string of the molecule is c1ccc(-c2nc(-c3ccccc3)nc(-c3c4ccccc4cc4c3oc3cccc(-n5c6ccccc6c6cc7ccccc7cc65)c34)n2)cc1. The van der Waals surface area contributed by atoms with Gasteiger partial charge in [-0.2, -0.15) is 0 Å². The van der Waals surface area contributed by atoms with Crippen molar-refractivity contribution in [2.45, 2.75) is 0 Å². The maximum Gasteiger partial charge on any atom is 0.168 e. The first-order chi connectivity index (χ1) is 25.8. The summed E-state index contributed by atoms with van der Waals surface area (Å²) in [6.07, 6.45) is 0. The Morgan fingerprint density at radius 1 is 0.404 bits per heavy atom. The number of rotatable bonds is 4. The van der Waals surface area contributed by atoms with Crippen LogP contribution in [0.25, 0.3) is 105 Å². The van der Waals surface area contributed by atoms with Crippen molar-refractivity contribution in [2.24, 2.45) is 0 Å². The lowest BCUT2D eigenvalue weighted by atomic mass is 9.99. The molecule has 0 spiro atoms. The van der Waals surface area contributed by atoms with E-state index in [9.17, 15) is 0 Å². The Kier molecular flexibility index (Phi) is 6.18. The van der Waals surface area contributed by atoms with Crippen LogP contribution in [0.15, 0.2) is 174 Å². The molecule has 0 radical (unpaired) electrons. The van der Waals surface area contributed by atoms with Crippen molar-refractivity contribution < 1.29 is 4.42 Å². The summed E-state index contributed by atoms with van der Waals surface area (Å²) in [4.78, 5) is 15.3. The van der Waals surface area contributed by atoms with Gasteiger partial charge in [-0.1, -0.05) is 133 Å². The Morgan fingerprint density at radius 2 is 0.981 bits per heavy atom. The summed E-state index contributed by atoms with van der Waals surface area (Å²) in [5, 5.41) is 9.01. The third-order valence-corrected chi connectivity index (χ3v) is 10.2. The van der Waals surface area contributed by atoms with E-state index in [1.807, 2.05) is 60.7 Å². The highest BCUT2D eigenvalue weighted by Crippen LogP contribution is 2.44. The van der Waals surface area contributed by atoms with Crippen molar-refractivity contribution in [1.29, 1.82) is 0 Å². The smallest absolute Gasteiger partial charge is 0.168 e. The predicted octanol–water partition coefficient (Wildman–Crippen LogP) is 12.2. The van der Waals surface area contributed by atoms with Crippen LogP contribution < -0.4 is 0 Å². The highest BCUT2D eigenvalue weighted by atomic mass is 16.3. The summed E-state index contributed by atoms with van der Waals surface area (Å²) in [6, 6.07) is 59.1. The minimum absolute atomic E-state index is 0.568.